The van der Waals surface area contributed by atoms with Crippen LogP contribution in [-0.4, -0.2) is 9.97 Å². The number of nitriles is 1. The zero-order valence-electron chi connectivity index (χ0n) is 11.2. The summed E-state index contributed by atoms with van der Waals surface area (Å²) < 4.78 is 0. The van der Waals surface area contributed by atoms with Gasteiger partial charge in [-0.3, -0.25) is 0 Å². The van der Waals surface area contributed by atoms with E-state index in [2.05, 4.69) is 59.4 Å². The molecule has 0 bridgehead atoms. The Kier molecular flexibility index (Phi) is 3.14. The first-order chi connectivity index (χ1) is 9.76. The maximum absolute atomic E-state index is 8.72. The highest BCUT2D eigenvalue weighted by molar-refractivity contribution is 5.87. The van der Waals surface area contributed by atoms with E-state index in [0.29, 0.717) is 5.82 Å². The van der Waals surface area contributed by atoms with E-state index in [-0.39, 0.29) is 6.42 Å². The van der Waals surface area contributed by atoms with Crippen LogP contribution in [0.1, 0.15) is 11.4 Å². The van der Waals surface area contributed by atoms with Crippen LogP contribution in [0.25, 0.3) is 22.0 Å². The van der Waals surface area contributed by atoms with Crippen LogP contribution in [0.4, 0.5) is 0 Å². The van der Waals surface area contributed by atoms with Gasteiger partial charge in [-0.1, -0.05) is 35.9 Å². The summed E-state index contributed by atoms with van der Waals surface area (Å²) in [6, 6.07) is 16.6. The number of benzene rings is 2. The van der Waals surface area contributed by atoms with Gasteiger partial charge in [-0.25, -0.2) is 9.97 Å². The van der Waals surface area contributed by atoms with Gasteiger partial charge in [0.15, 0.2) is 0 Å². The third kappa shape index (κ3) is 2.36. The van der Waals surface area contributed by atoms with Crippen LogP contribution in [-0.2, 0) is 6.42 Å². The van der Waals surface area contributed by atoms with E-state index >= 15 is 0 Å². The minimum atomic E-state index is 0.237. The maximum atomic E-state index is 8.72. The van der Waals surface area contributed by atoms with Crippen molar-refractivity contribution in [2.75, 3.05) is 0 Å². The molecule has 0 N–H and O–H groups in total. The fraction of sp³-hybridized carbons (Fsp3) is 0.118. The van der Waals surface area contributed by atoms with Gasteiger partial charge >= 0.3 is 0 Å². The normalized spacial score (nSPS) is 10.4. The molecular weight excluding hydrogens is 246 g/mol. The lowest BCUT2D eigenvalue weighted by atomic mass is 10.0. The van der Waals surface area contributed by atoms with Crippen LogP contribution in [0, 0.1) is 18.3 Å². The molecule has 0 saturated heterocycles. The summed E-state index contributed by atoms with van der Waals surface area (Å²) in [5.74, 6) is 0.564. The molecule has 0 unspecified atom stereocenters. The fourth-order valence-corrected chi connectivity index (χ4v) is 2.24. The van der Waals surface area contributed by atoms with Gasteiger partial charge in [-0.05, 0) is 29.8 Å². The zero-order valence-corrected chi connectivity index (χ0v) is 11.2. The molecule has 0 aliphatic heterocycles. The highest BCUT2D eigenvalue weighted by Crippen LogP contribution is 2.23. The highest BCUT2D eigenvalue weighted by Gasteiger charge is 2.03. The summed E-state index contributed by atoms with van der Waals surface area (Å²) in [4.78, 5) is 8.52. The minimum Gasteiger partial charge on any atom is -0.240 e. The van der Waals surface area contributed by atoms with E-state index in [9.17, 15) is 0 Å². The topological polar surface area (TPSA) is 49.6 Å². The van der Waals surface area contributed by atoms with Crippen LogP contribution in [0.15, 0.2) is 48.7 Å². The number of hydrogen-bond donors (Lipinski definition) is 0. The Morgan fingerprint density at radius 2 is 1.85 bits per heavy atom. The first-order valence-electron chi connectivity index (χ1n) is 6.46. The summed E-state index contributed by atoms with van der Waals surface area (Å²) in [6.07, 6.45) is 1.94. The molecule has 0 spiro atoms. The Morgan fingerprint density at radius 1 is 1.05 bits per heavy atom. The predicted molar refractivity (Wildman–Crippen MR) is 79.0 cm³/mol. The number of nitrogens with zero attached hydrogens (tertiary/aromatic N) is 3. The molecule has 2 aromatic carbocycles. The maximum Gasteiger partial charge on any atom is 0.142 e. The minimum absolute atomic E-state index is 0.237. The molecule has 0 aliphatic rings. The summed E-state index contributed by atoms with van der Waals surface area (Å²) in [5.41, 5.74) is 3.15. The van der Waals surface area contributed by atoms with Crippen molar-refractivity contribution in [1.29, 1.82) is 5.26 Å². The summed E-state index contributed by atoms with van der Waals surface area (Å²) in [6.45, 7) is 2.09. The average molecular weight is 259 g/mol. The van der Waals surface area contributed by atoms with Gasteiger partial charge in [0.25, 0.3) is 0 Å². The van der Waals surface area contributed by atoms with Crippen LogP contribution in [0.2, 0.25) is 0 Å². The quantitative estimate of drug-likeness (QED) is 0.705. The molecule has 1 heterocycles. The van der Waals surface area contributed by atoms with Gasteiger partial charge in [0.2, 0.25) is 0 Å². The second kappa shape index (κ2) is 5.10. The lowest BCUT2D eigenvalue weighted by Gasteiger charge is -2.05. The molecule has 3 rings (SSSR count). The molecule has 0 radical (unpaired) electrons. The summed E-state index contributed by atoms with van der Waals surface area (Å²) in [5, 5.41) is 11.1. The second-order valence-electron chi connectivity index (χ2n) is 4.76. The highest BCUT2D eigenvalue weighted by atomic mass is 14.9. The molecule has 0 amide bonds. The average Bonchev–Trinajstić information content (AvgIpc) is 2.47. The molecule has 3 nitrogen and oxygen atoms in total. The van der Waals surface area contributed by atoms with Crippen molar-refractivity contribution in [2.45, 2.75) is 13.3 Å². The third-order valence-electron chi connectivity index (χ3n) is 3.23. The Bertz CT molecular complexity index is 816. The smallest absolute Gasteiger partial charge is 0.142 e. The SMILES string of the molecule is Cc1ccc2cc(-c3ccnc(CC#N)n3)ccc2c1. The van der Waals surface area contributed by atoms with Crippen molar-refractivity contribution < 1.29 is 0 Å². The van der Waals surface area contributed by atoms with Crippen LogP contribution in [0.3, 0.4) is 0 Å². The molecule has 3 heteroatoms. The molecule has 0 fully saturated rings. The van der Waals surface area contributed by atoms with Gasteiger partial charge < -0.3 is 0 Å². The Labute approximate surface area is 117 Å². The standard InChI is InChI=1S/C17H13N3/c1-12-2-3-14-11-15(5-4-13(14)10-12)16-7-9-19-17(20-16)6-8-18/h2-5,7,9-11H,6H2,1H3. The third-order valence-corrected chi connectivity index (χ3v) is 3.23. The summed E-state index contributed by atoms with van der Waals surface area (Å²) >= 11 is 0. The van der Waals surface area contributed by atoms with Gasteiger partial charge in [0.1, 0.15) is 5.82 Å². The van der Waals surface area contributed by atoms with E-state index in [1.807, 2.05) is 6.07 Å². The van der Waals surface area contributed by atoms with E-state index < -0.39 is 0 Å². The van der Waals surface area contributed by atoms with Crippen LogP contribution in [0.5, 0.6) is 0 Å². The molecule has 0 saturated carbocycles. The molecular formula is C17H13N3. The molecule has 0 aliphatic carbocycles. The fourth-order valence-electron chi connectivity index (χ4n) is 2.24. The van der Waals surface area contributed by atoms with E-state index in [4.69, 9.17) is 5.26 Å². The van der Waals surface area contributed by atoms with Crippen molar-refractivity contribution in [2.24, 2.45) is 0 Å². The van der Waals surface area contributed by atoms with Gasteiger partial charge in [-0.15, -0.1) is 0 Å². The van der Waals surface area contributed by atoms with Gasteiger partial charge in [-0.2, -0.15) is 5.26 Å². The van der Waals surface area contributed by atoms with Crippen LogP contribution < -0.4 is 0 Å². The molecule has 3 aromatic rings. The Hall–Kier alpha value is -2.73. The van der Waals surface area contributed by atoms with E-state index in [1.54, 1.807) is 6.20 Å². The predicted octanol–water partition coefficient (Wildman–Crippen LogP) is 3.67. The van der Waals surface area contributed by atoms with E-state index in [0.717, 1.165) is 11.3 Å². The molecule has 96 valence electrons. The van der Waals surface area contributed by atoms with Gasteiger partial charge in [0.05, 0.1) is 18.2 Å². The first-order valence-corrected chi connectivity index (χ1v) is 6.46. The first kappa shape index (κ1) is 12.3. The number of aryl methyl sites for hydroxylation is 1. The lowest BCUT2D eigenvalue weighted by molar-refractivity contribution is 0.999. The van der Waals surface area contributed by atoms with E-state index in [1.165, 1.54) is 16.3 Å². The van der Waals surface area contributed by atoms with Crippen LogP contribution >= 0.6 is 0 Å². The van der Waals surface area contributed by atoms with Crippen molar-refractivity contribution in [3.05, 3.63) is 60.0 Å². The van der Waals surface area contributed by atoms with Crippen molar-refractivity contribution in [3.8, 4) is 17.3 Å². The molecule has 20 heavy (non-hydrogen) atoms. The lowest BCUT2D eigenvalue weighted by Crippen LogP contribution is -1.94. The second-order valence-corrected chi connectivity index (χ2v) is 4.76. The monoisotopic (exact) mass is 259 g/mol. The Balaban J connectivity index is 2.08. The summed E-state index contributed by atoms with van der Waals surface area (Å²) in [7, 11) is 0. The molecule has 0 atom stereocenters. The zero-order chi connectivity index (χ0) is 13.9. The number of fused-ring (bicyclic) bond motifs is 1. The molecule has 1 aromatic heterocycles. The Morgan fingerprint density at radius 3 is 2.70 bits per heavy atom. The largest absolute Gasteiger partial charge is 0.240 e. The van der Waals surface area contributed by atoms with Crippen molar-refractivity contribution in [1.82, 2.24) is 9.97 Å². The number of rotatable bonds is 2. The number of hydrogen-bond acceptors (Lipinski definition) is 3. The van der Waals surface area contributed by atoms with Gasteiger partial charge in [0, 0.05) is 11.8 Å². The van der Waals surface area contributed by atoms with Crippen molar-refractivity contribution >= 4 is 10.8 Å². The van der Waals surface area contributed by atoms with Crippen molar-refractivity contribution in [3.63, 3.8) is 0 Å². The number of aromatic nitrogens is 2.